The van der Waals surface area contributed by atoms with Gasteiger partial charge in [-0.25, -0.2) is 0 Å². The summed E-state index contributed by atoms with van der Waals surface area (Å²) >= 11 is 0. The van der Waals surface area contributed by atoms with E-state index in [9.17, 15) is 0 Å². The third-order valence-electron chi connectivity index (χ3n) is 3.93. The van der Waals surface area contributed by atoms with Crippen LogP contribution in [0.2, 0.25) is 0 Å². The van der Waals surface area contributed by atoms with Crippen LogP contribution in [-0.2, 0) is 0 Å². The van der Waals surface area contributed by atoms with Crippen molar-refractivity contribution in [1.29, 1.82) is 0 Å². The molecule has 15 heavy (non-hydrogen) atoms. The van der Waals surface area contributed by atoms with Crippen molar-refractivity contribution in [3.05, 3.63) is 12.2 Å². The highest BCUT2D eigenvalue weighted by atomic mass is 15.2. The van der Waals surface area contributed by atoms with Crippen molar-refractivity contribution >= 4 is 0 Å². The molecule has 0 aromatic rings. The van der Waals surface area contributed by atoms with Gasteiger partial charge in [-0.3, -0.25) is 4.90 Å². The van der Waals surface area contributed by atoms with Gasteiger partial charge in [0.05, 0.1) is 0 Å². The van der Waals surface area contributed by atoms with Crippen LogP contribution in [0.1, 0.15) is 32.1 Å². The Labute approximate surface area is 92.5 Å². The SMILES string of the molecule is NC1C=CC(CN(CC2CC2)C2CC2)C1. The fraction of sp³-hybridized carbons (Fsp3) is 0.846. The van der Waals surface area contributed by atoms with Crippen LogP contribution in [-0.4, -0.2) is 30.1 Å². The van der Waals surface area contributed by atoms with Crippen LogP contribution in [0.4, 0.5) is 0 Å². The quantitative estimate of drug-likeness (QED) is 0.695. The molecule has 3 aliphatic rings. The summed E-state index contributed by atoms with van der Waals surface area (Å²) in [7, 11) is 0. The van der Waals surface area contributed by atoms with Crippen molar-refractivity contribution in [2.24, 2.45) is 17.6 Å². The summed E-state index contributed by atoms with van der Waals surface area (Å²) in [4.78, 5) is 2.74. The second kappa shape index (κ2) is 3.91. The Morgan fingerprint density at radius 2 is 1.87 bits per heavy atom. The molecule has 0 heterocycles. The van der Waals surface area contributed by atoms with E-state index in [4.69, 9.17) is 5.73 Å². The molecular weight excluding hydrogens is 184 g/mol. The first-order chi connectivity index (χ1) is 7.31. The molecule has 0 saturated heterocycles. The second-order valence-electron chi connectivity index (χ2n) is 5.67. The van der Waals surface area contributed by atoms with Crippen LogP contribution in [0.3, 0.4) is 0 Å². The van der Waals surface area contributed by atoms with Crippen molar-refractivity contribution in [1.82, 2.24) is 4.90 Å². The van der Waals surface area contributed by atoms with Gasteiger partial charge in [-0.05, 0) is 43.9 Å². The van der Waals surface area contributed by atoms with Gasteiger partial charge in [0, 0.05) is 25.2 Å². The van der Waals surface area contributed by atoms with E-state index in [1.165, 1.54) is 45.2 Å². The summed E-state index contributed by atoms with van der Waals surface area (Å²) < 4.78 is 0. The van der Waals surface area contributed by atoms with E-state index in [2.05, 4.69) is 17.1 Å². The molecular formula is C13H22N2. The van der Waals surface area contributed by atoms with Gasteiger partial charge in [0.1, 0.15) is 0 Å². The Morgan fingerprint density at radius 3 is 2.40 bits per heavy atom. The van der Waals surface area contributed by atoms with Crippen LogP contribution in [0.5, 0.6) is 0 Å². The second-order valence-corrected chi connectivity index (χ2v) is 5.67. The maximum atomic E-state index is 5.90. The largest absolute Gasteiger partial charge is 0.324 e. The fourth-order valence-electron chi connectivity index (χ4n) is 2.69. The first-order valence-electron chi connectivity index (χ1n) is 6.49. The molecule has 0 spiro atoms. The summed E-state index contributed by atoms with van der Waals surface area (Å²) in [6.45, 7) is 2.63. The molecule has 2 nitrogen and oxygen atoms in total. The Morgan fingerprint density at radius 1 is 1.07 bits per heavy atom. The summed E-state index contributed by atoms with van der Waals surface area (Å²) in [6.07, 6.45) is 11.5. The van der Waals surface area contributed by atoms with Crippen LogP contribution in [0.25, 0.3) is 0 Å². The molecule has 2 unspecified atom stereocenters. The highest BCUT2D eigenvalue weighted by Crippen LogP contribution is 2.35. The molecule has 2 N–H and O–H groups in total. The molecule has 2 heteroatoms. The molecule has 0 amide bonds. The van der Waals surface area contributed by atoms with Gasteiger partial charge in [-0.1, -0.05) is 12.2 Å². The third kappa shape index (κ3) is 2.61. The zero-order valence-corrected chi connectivity index (χ0v) is 9.44. The van der Waals surface area contributed by atoms with E-state index in [1.807, 2.05) is 0 Å². The van der Waals surface area contributed by atoms with Gasteiger partial charge in [0.2, 0.25) is 0 Å². The van der Waals surface area contributed by atoms with Crippen LogP contribution < -0.4 is 5.73 Å². The van der Waals surface area contributed by atoms with E-state index < -0.39 is 0 Å². The molecule has 0 aromatic heterocycles. The minimum absolute atomic E-state index is 0.331. The topological polar surface area (TPSA) is 29.3 Å². The summed E-state index contributed by atoms with van der Waals surface area (Å²) in [6, 6.07) is 1.26. The lowest BCUT2D eigenvalue weighted by Crippen LogP contribution is -2.33. The number of nitrogens with zero attached hydrogens (tertiary/aromatic N) is 1. The van der Waals surface area contributed by atoms with Gasteiger partial charge < -0.3 is 5.73 Å². The monoisotopic (exact) mass is 206 g/mol. The first-order valence-corrected chi connectivity index (χ1v) is 6.49. The van der Waals surface area contributed by atoms with Crippen LogP contribution in [0.15, 0.2) is 12.2 Å². The molecule has 3 aliphatic carbocycles. The van der Waals surface area contributed by atoms with E-state index in [1.54, 1.807) is 0 Å². The van der Waals surface area contributed by atoms with Gasteiger partial charge in [0.25, 0.3) is 0 Å². The standard InChI is InChI=1S/C13H22N2/c14-12-4-3-11(7-12)9-15(13-5-6-13)8-10-1-2-10/h3-4,10-13H,1-2,5-9,14H2. The Hall–Kier alpha value is -0.340. The van der Waals surface area contributed by atoms with E-state index >= 15 is 0 Å². The van der Waals surface area contributed by atoms with Crippen molar-refractivity contribution < 1.29 is 0 Å². The van der Waals surface area contributed by atoms with Crippen molar-refractivity contribution in [3.63, 3.8) is 0 Å². The lowest BCUT2D eigenvalue weighted by Gasteiger charge is -2.25. The van der Waals surface area contributed by atoms with E-state index in [0.29, 0.717) is 6.04 Å². The van der Waals surface area contributed by atoms with Crippen molar-refractivity contribution in [3.8, 4) is 0 Å². The molecule has 2 fully saturated rings. The van der Waals surface area contributed by atoms with Gasteiger partial charge in [0.15, 0.2) is 0 Å². The zero-order valence-electron chi connectivity index (χ0n) is 9.44. The maximum absolute atomic E-state index is 5.90. The van der Waals surface area contributed by atoms with Gasteiger partial charge in [-0.2, -0.15) is 0 Å². The predicted molar refractivity (Wildman–Crippen MR) is 62.5 cm³/mol. The summed E-state index contributed by atoms with van der Waals surface area (Å²) in [5, 5.41) is 0. The van der Waals surface area contributed by atoms with Crippen LogP contribution >= 0.6 is 0 Å². The van der Waals surface area contributed by atoms with Crippen molar-refractivity contribution in [2.75, 3.05) is 13.1 Å². The molecule has 2 saturated carbocycles. The smallest absolute Gasteiger partial charge is 0.0229 e. The van der Waals surface area contributed by atoms with E-state index in [0.717, 1.165) is 17.9 Å². The highest BCUT2D eigenvalue weighted by Gasteiger charge is 2.34. The predicted octanol–water partition coefficient (Wildman–Crippen LogP) is 1.76. The number of hydrogen-bond acceptors (Lipinski definition) is 2. The minimum atomic E-state index is 0.331. The van der Waals surface area contributed by atoms with Gasteiger partial charge in [-0.15, -0.1) is 0 Å². The van der Waals surface area contributed by atoms with Crippen LogP contribution in [0, 0.1) is 11.8 Å². The molecule has 0 bridgehead atoms. The molecule has 84 valence electrons. The average Bonchev–Trinajstić information content (AvgIpc) is 3.08. The number of nitrogens with two attached hydrogens (primary N) is 1. The summed E-state index contributed by atoms with van der Waals surface area (Å²) in [5.41, 5.74) is 5.90. The Balaban J connectivity index is 1.51. The molecule has 0 aromatic carbocycles. The molecule has 0 aliphatic heterocycles. The zero-order chi connectivity index (χ0) is 10.3. The maximum Gasteiger partial charge on any atom is 0.0229 e. The summed E-state index contributed by atoms with van der Waals surface area (Å²) in [5.74, 6) is 1.77. The Kier molecular flexibility index (Phi) is 2.57. The average molecular weight is 206 g/mol. The molecule has 2 atom stereocenters. The number of hydrogen-bond donors (Lipinski definition) is 1. The van der Waals surface area contributed by atoms with Crippen molar-refractivity contribution in [2.45, 2.75) is 44.2 Å². The van der Waals surface area contributed by atoms with E-state index in [-0.39, 0.29) is 0 Å². The Bertz CT molecular complexity index is 253. The molecule has 3 rings (SSSR count). The first kappa shape index (κ1) is 9.86. The number of rotatable bonds is 5. The normalized spacial score (nSPS) is 35.3. The fourth-order valence-corrected chi connectivity index (χ4v) is 2.69. The highest BCUT2D eigenvalue weighted by molar-refractivity contribution is 5.06. The minimum Gasteiger partial charge on any atom is -0.324 e. The molecule has 0 radical (unpaired) electrons. The van der Waals surface area contributed by atoms with Gasteiger partial charge >= 0.3 is 0 Å². The lowest BCUT2D eigenvalue weighted by molar-refractivity contribution is 0.226. The lowest BCUT2D eigenvalue weighted by atomic mass is 10.1. The third-order valence-corrected chi connectivity index (χ3v) is 3.93.